The molecule has 0 bridgehead atoms. The molecule has 0 aliphatic rings. The molecule has 1 unspecified atom stereocenters. The smallest absolute Gasteiger partial charge is 0.0488 e. The van der Waals surface area contributed by atoms with E-state index in [2.05, 4.69) is 64.1 Å². The highest BCUT2D eigenvalue weighted by Crippen LogP contribution is 2.23. The van der Waals surface area contributed by atoms with Gasteiger partial charge in [-0.15, -0.1) is 0 Å². The SMILES string of the molecule is CCCNC(C)c1cccn1Cc1ccc(Br)cc1Cl. The van der Waals surface area contributed by atoms with E-state index in [0.29, 0.717) is 6.04 Å². The predicted octanol–water partition coefficient (Wildman–Crippen LogP) is 5.01. The maximum atomic E-state index is 6.30. The molecule has 2 aromatic rings. The summed E-state index contributed by atoms with van der Waals surface area (Å²) < 4.78 is 3.26. The molecular weight excluding hydrogens is 336 g/mol. The van der Waals surface area contributed by atoms with Gasteiger partial charge in [0, 0.05) is 34.0 Å². The van der Waals surface area contributed by atoms with E-state index in [1.807, 2.05) is 12.1 Å². The Morgan fingerprint density at radius 1 is 1.35 bits per heavy atom. The first-order valence-electron chi connectivity index (χ1n) is 6.94. The maximum absolute atomic E-state index is 6.30. The van der Waals surface area contributed by atoms with Crippen LogP contribution in [0.25, 0.3) is 0 Å². The molecule has 1 N–H and O–H groups in total. The van der Waals surface area contributed by atoms with Crippen LogP contribution in [0, 0.1) is 0 Å². The highest BCUT2D eigenvalue weighted by Gasteiger charge is 2.10. The van der Waals surface area contributed by atoms with Crippen molar-refractivity contribution in [3.8, 4) is 0 Å². The Hall–Kier alpha value is -0.770. The summed E-state index contributed by atoms with van der Waals surface area (Å²) in [6, 6.07) is 10.6. The number of hydrogen-bond donors (Lipinski definition) is 1. The molecule has 0 aliphatic heterocycles. The quantitative estimate of drug-likeness (QED) is 0.770. The lowest BCUT2D eigenvalue weighted by Gasteiger charge is -2.17. The molecule has 0 spiro atoms. The minimum atomic E-state index is 0.346. The first-order chi connectivity index (χ1) is 9.61. The molecule has 1 aromatic carbocycles. The molecule has 108 valence electrons. The van der Waals surface area contributed by atoms with Crippen molar-refractivity contribution in [1.29, 1.82) is 0 Å². The number of benzene rings is 1. The highest BCUT2D eigenvalue weighted by molar-refractivity contribution is 9.10. The minimum absolute atomic E-state index is 0.346. The van der Waals surface area contributed by atoms with E-state index in [1.165, 1.54) is 5.69 Å². The van der Waals surface area contributed by atoms with Crippen molar-refractivity contribution in [1.82, 2.24) is 9.88 Å². The van der Waals surface area contributed by atoms with E-state index in [-0.39, 0.29) is 0 Å². The molecule has 1 atom stereocenters. The highest BCUT2D eigenvalue weighted by atomic mass is 79.9. The standard InChI is InChI=1S/C16H20BrClN2/c1-3-8-19-12(2)16-5-4-9-20(16)11-13-6-7-14(17)10-15(13)18/h4-7,9-10,12,19H,3,8,11H2,1-2H3. The maximum Gasteiger partial charge on any atom is 0.0488 e. The lowest BCUT2D eigenvalue weighted by molar-refractivity contribution is 0.534. The Morgan fingerprint density at radius 3 is 2.85 bits per heavy atom. The second-order valence-electron chi connectivity index (χ2n) is 4.97. The molecule has 20 heavy (non-hydrogen) atoms. The summed E-state index contributed by atoms with van der Waals surface area (Å²) in [5, 5.41) is 4.32. The van der Waals surface area contributed by atoms with Gasteiger partial charge in [-0.05, 0) is 49.7 Å². The van der Waals surface area contributed by atoms with E-state index in [1.54, 1.807) is 0 Å². The van der Waals surface area contributed by atoms with Crippen LogP contribution >= 0.6 is 27.5 Å². The first kappa shape index (κ1) is 15.6. The molecule has 1 heterocycles. The Labute approximate surface area is 134 Å². The number of aromatic nitrogens is 1. The van der Waals surface area contributed by atoms with Crippen molar-refractivity contribution in [3.05, 3.63) is 57.3 Å². The van der Waals surface area contributed by atoms with E-state index in [4.69, 9.17) is 11.6 Å². The van der Waals surface area contributed by atoms with Crippen molar-refractivity contribution >= 4 is 27.5 Å². The van der Waals surface area contributed by atoms with Crippen molar-refractivity contribution in [3.63, 3.8) is 0 Å². The molecule has 0 amide bonds. The lowest BCUT2D eigenvalue weighted by atomic mass is 10.2. The Bertz CT molecular complexity index is 565. The molecule has 0 radical (unpaired) electrons. The molecule has 2 nitrogen and oxygen atoms in total. The van der Waals surface area contributed by atoms with Crippen molar-refractivity contribution in [2.45, 2.75) is 32.9 Å². The number of nitrogens with one attached hydrogen (secondary N) is 1. The predicted molar refractivity (Wildman–Crippen MR) is 89.4 cm³/mol. The summed E-state index contributed by atoms with van der Waals surface area (Å²) in [7, 11) is 0. The number of halogens is 2. The van der Waals surface area contributed by atoms with E-state index >= 15 is 0 Å². The third-order valence-electron chi connectivity index (χ3n) is 3.36. The topological polar surface area (TPSA) is 17.0 Å². The van der Waals surface area contributed by atoms with Crippen LogP contribution in [0.5, 0.6) is 0 Å². The van der Waals surface area contributed by atoms with Gasteiger partial charge in [0.1, 0.15) is 0 Å². The molecule has 1 aromatic heterocycles. The molecule has 0 saturated heterocycles. The summed E-state index contributed by atoms with van der Waals surface area (Å²) in [4.78, 5) is 0. The van der Waals surface area contributed by atoms with Gasteiger partial charge in [0.15, 0.2) is 0 Å². The first-order valence-corrected chi connectivity index (χ1v) is 8.11. The van der Waals surface area contributed by atoms with Crippen LogP contribution in [-0.4, -0.2) is 11.1 Å². The monoisotopic (exact) mass is 354 g/mol. The van der Waals surface area contributed by atoms with Crippen LogP contribution in [0.4, 0.5) is 0 Å². The molecule has 0 aliphatic carbocycles. The Kier molecular flexibility index (Phi) is 5.70. The van der Waals surface area contributed by atoms with Gasteiger partial charge in [-0.1, -0.05) is 40.5 Å². The minimum Gasteiger partial charge on any atom is -0.346 e. The number of hydrogen-bond acceptors (Lipinski definition) is 1. The van der Waals surface area contributed by atoms with Crippen LogP contribution in [0.3, 0.4) is 0 Å². The summed E-state index contributed by atoms with van der Waals surface area (Å²) >= 11 is 9.74. The van der Waals surface area contributed by atoms with Crippen molar-refractivity contribution in [2.24, 2.45) is 0 Å². The van der Waals surface area contributed by atoms with Crippen LogP contribution in [0.1, 0.15) is 37.6 Å². The average Bonchev–Trinajstić information content (AvgIpc) is 2.87. The molecule has 0 saturated carbocycles. The van der Waals surface area contributed by atoms with Crippen LogP contribution in [0.2, 0.25) is 5.02 Å². The summed E-state index contributed by atoms with van der Waals surface area (Å²) in [6.07, 6.45) is 3.25. The van der Waals surface area contributed by atoms with E-state index in [0.717, 1.165) is 34.6 Å². The van der Waals surface area contributed by atoms with Gasteiger partial charge in [-0.2, -0.15) is 0 Å². The summed E-state index contributed by atoms with van der Waals surface area (Å²) in [5.74, 6) is 0. The fraction of sp³-hybridized carbons (Fsp3) is 0.375. The summed E-state index contributed by atoms with van der Waals surface area (Å²) in [6.45, 7) is 6.21. The van der Waals surface area contributed by atoms with Crippen molar-refractivity contribution < 1.29 is 0 Å². The van der Waals surface area contributed by atoms with E-state index in [9.17, 15) is 0 Å². The largest absolute Gasteiger partial charge is 0.346 e. The van der Waals surface area contributed by atoms with Gasteiger partial charge in [-0.3, -0.25) is 0 Å². The number of rotatable bonds is 6. The van der Waals surface area contributed by atoms with E-state index < -0.39 is 0 Å². The second-order valence-corrected chi connectivity index (χ2v) is 6.30. The zero-order chi connectivity index (χ0) is 14.5. The Morgan fingerprint density at radius 2 is 2.15 bits per heavy atom. The van der Waals surface area contributed by atoms with Gasteiger partial charge in [0.25, 0.3) is 0 Å². The second kappa shape index (κ2) is 7.30. The number of nitrogens with zero attached hydrogens (tertiary/aromatic N) is 1. The molecule has 0 fully saturated rings. The average molecular weight is 356 g/mol. The Balaban J connectivity index is 2.16. The van der Waals surface area contributed by atoms with Crippen molar-refractivity contribution in [2.75, 3.05) is 6.54 Å². The molecule has 4 heteroatoms. The fourth-order valence-corrected chi connectivity index (χ4v) is 3.00. The third kappa shape index (κ3) is 3.87. The molecule has 2 rings (SSSR count). The van der Waals surface area contributed by atoms with Gasteiger partial charge >= 0.3 is 0 Å². The molecular formula is C16H20BrClN2. The fourth-order valence-electron chi connectivity index (χ4n) is 2.26. The van der Waals surface area contributed by atoms with Crippen LogP contribution < -0.4 is 5.32 Å². The van der Waals surface area contributed by atoms with Gasteiger partial charge in [0.05, 0.1) is 0 Å². The van der Waals surface area contributed by atoms with Gasteiger partial charge < -0.3 is 9.88 Å². The van der Waals surface area contributed by atoms with Crippen LogP contribution in [0.15, 0.2) is 41.0 Å². The van der Waals surface area contributed by atoms with Gasteiger partial charge in [-0.25, -0.2) is 0 Å². The summed E-state index contributed by atoms with van der Waals surface area (Å²) in [5.41, 5.74) is 2.42. The third-order valence-corrected chi connectivity index (χ3v) is 4.21. The zero-order valence-electron chi connectivity index (χ0n) is 11.9. The van der Waals surface area contributed by atoms with Crippen LogP contribution in [-0.2, 0) is 6.54 Å². The normalized spacial score (nSPS) is 12.6. The van der Waals surface area contributed by atoms with Gasteiger partial charge in [0.2, 0.25) is 0 Å². The lowest BCUT2D eigenvalue weighted by Crippen LogP contribution is -2.22. The zero-order valence-corrected chi connectivity index (χ0v) is 14.2.